The normalized spacial score (nSPS) is 10.4. The van der Waals surface area contributed by atoms with Crippen molar-refractivity contribution in [2.45, 2.75) is 0 Å². The average molecular weight is 225 g/mol. The number of methoxy groups -OCH3 is 3. The van der Waals surface area contributed by atoms with Gasteiger partial charge < -0.3 is 18.7 Å². The smallest absolute Gasteiger partial charge is 0.439 e. The van der Waals surface area contributed by atoms with Crippen LogP contribution in [0.5, 0.6) is 17.4 Å². The summed E-state index contributed by atoms with van der Waals surface area (Å²) < 4.78 is 20.2. The topological polar surface area (TPSA) is 67.8 Å². The van der Waals surface area contributed by atoms with E-state index < -0.39 is 0 Å². The molecule has 0 radical (unpaired) electrons. The van der Waals surface area contributed by atoms with Crippen LogP contribution in [-0.2, 0) is 0 Å². The summed E-state index contributed by atoms with van der Waals surface area (Å²) in [6, 6.07) is 3.34. The molecule has 1 aromatic heterocycles. The zero-order valence-corrected chi connectivity index (χ0v) is 9.14. The van der Waals surface area contributed by atoms with Crippen LogP contribution in [0.15, 0.2) is 16.7 Å². The third-order valence-electron chi connectivity index (χ3n) is 2.27. The van der Waals surface area contributed by atoms with Crippen molar-refractivity contribution in [3.8, 4) is 17.4 Å². The van der Waals surface area contributed by atoms with Crippen LogP contribution in [0.3, 0.4) is 0 Å². The van der Waals surface area contributed by atoms with Gasteiger partial charge in [0.05, 0.1) is 26.2 Å². The van der Waals surface area contributed by atoms with Gasteiger partial charge in [-0.3, -0.25) is 5.21 Å². The Bertz CT molecular complexity index is 519. The molecular weight excluding hydrogens is 214 g/mol. The maximum Gasteiger partial charge on any atom is 0.439 e. The van der Waals surface area contributed by atoms with Crippen LogP contribution in [0.4, 0.5) is 0 Å². The lowest BCUT2D eigenvalue weighted by atomic mass is 10.2. The molecule has 0 aliphatic rings. The Morgan fingerprint density at radius 3 is 2.25 bits per heavy atom. The molecule has 0 saturated heterocycles. The fourth-order valence-electron chi connectivity index (χ4n) is 1.56. The summed E-state index contributed by atoms with van der Waals surface area (Å²) in [6.07, 6.45) is 0. The van der Waals surface area contributed by atoms with Gasteiger partial charge in [0, 0.05) is 0 Å². The Balaban J connectivity index is 2.85. The second-order valence-electron chi connectivity index (χ2n) is 3.03. The molecule has 1 heterocycles. The standard InChI is InChI=1S/C10H11NO5/c1-13-6-4-5-7(14-2)9-8(6)10(15-3)11(12)16-9/h4-5H,1-3H3. The molecule has 86 valence electrons. The van der Waals surface area contributed by atoms with Gasteiger partial charge in [0.1, 0.15) is 17.1 Å². The summed E-state index contributed by atoms with van der Waals surface area (Å²) in [6.45, 7) is 0. The molecule has 6 heteroatoms. The summed E-state index contributed by atoms with van der Waals surface area (Å²) in [4.78, 5) is 0.287. The average Bonchev–Trinajstić information content (AvgIpc) is 2.64. The largest absolute Gasteiger partial charge is 0.496 e. The van der Waals surface area contributed by atoms with E-state index in [2.05, 4.69) is 0 Å². The van der Waals surface area contributed by atoms with Crippen LogP contribution in [0, 0.1) is 5.21 Å². The van der Waals surface area contributed by atoms with Gasteiger partial charge >= 0.3 is 5.88 Å². The van der Waals surface area contributed by atoms with Gasteiger partial charge in [-0.1, -0.05) is 0 Å². The lowest BCUT2D eigenvalue weighted by molar-refractivity contribution is -0.791. The minimum Gasteiger partial charge on any atom is -0.496 e. The second-order valence-corrected chi connectivity index (χ2v) is 3.03. The van der Waals surface area contributed by atoms with E-state index in [0.717, 1.165) is 0 Å². The van der Waals surface area contributed by atoms with Crippen molar-refractivity contribution >= 4 is 11.0 Å². The number of hydrogen-bond acceptors (Lipinski definition) is 5. The van der Waals surface area contributed by atoms with Crippen LogP contribution >= 0.6 is 0 Å². The van der Waals surface area contributed by atoms with Crippen LogP contribution in [0.1, 0.15) is 0 Å². The van der Waals surface area contributed by atoms with Gasteiger partial charge in [-0.05, 0) is 12.1 Å². The van der Waals surface area contributed by atoms with E-state index in [9.17, 15) is 5.21 Å². The molecule has 0 aliphatic carbocycles. The van der Waals surface area contributed by atoms with E-state index in [-0.39, 0.29) is 10.8 Å². The summed E-state index contributed by atoms with van der Waals surface area (Å²) >= 11 is 0. The van der Waals surface area contributed by atoms with Crippen molar-refractivity contribution in [3.63, 3.8) is 0 Å². The lowest BCUT2D eigenvalue weighted by Crippen LogP contribution is -2.24. The van der Waals surface area contributed by atoms with Crippen molar-refractivity contribution in [1.29, 1.82) is 0 Å². The Hall–Kier alpha value is -2.11. The predicted molar refractivity (Wildman–Crippen MR) is 54.8 cm³/mol. The Kier molecular flexibility index (Phi) is 2.47. The summed E-state index contributed by atoms with van der Waals surface area (Å²) in [5.41, 5.74) is 0.300. The predicted octanol–water partition coefficient (Wildman–Crippen LogP) is 1.09. The summed E-state index contributed by atoms with van der Waals surface area (Å²) in [5, 5.41) is 11.9. The fourth-order valence-corrected chi connectivity index (χ4v) is 1.56. The maximum absolute atomic E-state index is 11.4. The first-order valence-corrected chi connectivity index (χ1v) is 4.54. The number of rotatable bonds is 3. The molecule has 0 spiro atoms. The van der Waals surface area contributed by atoms with Crippen LogP contribution in [-0.4, -0.2) is 21.3 Å². The molecule has 0 amide bonds. The van der Waals surface area contributed by atoms with Gasteiger partial charge in [0.25, 0.3) is 0 Å². The van der Waals surface area contributed by atoms with E-state index in [1.54, 1.807) is 12.1 Å². The van der Waals surface area contributed by atoms with E-state index in [0.29, 0.717) is 22.5 Å². The van der Waals surface area contributed by atoms with Crippen molar-refractivity contribution in [3.05, 3.63) is 17.3 Å². The zero-order chi connectivity index (χ0) is 11.7. The number of hydrogen-bond donors (Lipinski definition) is 0. The molecule has 2 aromatic rings. The molecule has 1 aromatic carbocycles. The quantitative estimate of drug-likeness (QED) is 0.731. The molecule has 0 N–H and O–H groups in total. The highest BCUT2D eigenvalue weighted by Gasteiger charge is 2.24. The summed E-state index contributed by atoms with van der Waals surface area (Å²) in [7, 11) is 4.38. The highest BCUT2D eigenvalue weighted by molar-refractivity contribution is 5.91. The maximum atomic E-state index is 11.4. The summed E-state index contributed by atoms with van der Waals surface area (Å²) in [5.74, 6) is 0.987. The number of ether oxygens (including phenoxy) is 3. The third-order valence-corrected chi connectivity index (χ3v) is 2.27. The number of nitrogens with zero attached hydrogens (tertiary/aromatic N) is 1. The van der Waals surface area contributed by atoms with Gasteiger partial charge in [0.15, 0.2) is 5.39 Å². The monoisotopic (exact) mass is 225 g/mol. The SMILES string of the molecule is COc1ccc(OC)c2c(OC)[n+]([O-])oc12. The molecular formula is C10H11NO5. The molecule has 0 bridgehead atoms. The van der Waals surface area contributed by atoms with Crippen LogP contribution < -0.4 is 19.1 Å². The Morgan fingerprint density at radius 1 is 1.06 bits per heavy atom. The van der Waals surface area contributed by atoms with Gasteiger partial charge in [-0.15, -0.1) is 0 Å². The van der Waals surface area contributed by atoms with Crippen molar-refractivity contribution in [2.24, 2.45) is 0 Å². The highest BCUT2D eigenvalue weighted by atomic mass is 16.7. The molecule has 16 heavy (non-hydrogen) atoms. The molecule has 6 nitrogen and oxygen atoms in total. The van der Waals surface area contributed by atoms with Crippen molar-refractivity contribution in [2.75, 3.05) is 21.3 Å². The molecule has 0 aliphatic heterocycles. The van der Waals surface area contributed by atoms with Crippen molar-refractivity contribution < 1.29 is 23.6 Å². The molecule has 0 fully saturated rings. The molecule has 0 saturated carbocycles. The van der Waals surface area contributed by atoms with Crippen LogP contribution in [0.2, 0.25) is 0 Å². The molecule has 0 atom stereocenters. The third kappa shape index (κ3) is 1.30. The first-order chi connectivity index (χ1) is 7.72. The first kappa shape index (κ1) is 10.4. The van der Waals surface area contributed by atoms with Crippen molar-refractivity contribution in [1.82, 2.24) is 0 Å². The van der Waals surface area contributed by atoms with Crippen LogP contribution in [0.25, 0.3) is 11.0 Å². The van der Waals surface area contributed by atoms with Gasteiger partial charge in [0.2, 0.25) is 0 Å². The minimum atomic E-state index is 0.0470. The minimum absolute atomic E-state index is 0.0470. The Labute approximate surface area is 91.5 Å². The van der Waals surface area contributed by atoms with E-state index in [4.69, 9.17) is 18.7 Å². The van der Waals surface area contributed by atoms with E-state index >= 15 is 0 Å². The van der Waals surface area contributed by atoms with E-state index in [1.165, 1.54) is 21.3 Å². The van der Waals surface area contributed by atoms with Gasteiger partial charge in [-0.2, -0.15) is 0 Å². The second kappa shape index (κ2) is 3.80. The number of fused-ring (bicyclic) bond motifs is 1. The lowest BCUT2D eigenvalue weighted by Gasteiger charge is -2.04. The van der Waals surface area contributed by atoms with Gasteiger partial charge in [-0.25, -0.2) is 0 Å². The highest BCUT2D eigenvalue weighted by Crippen LogP contribution is 2.37. The number of benzene rings is 1. The molecule has 2 rings (SSSR count). The number of aromatic nitrogens is 1. The zero-order valence-electron chi connectivity index (χ0n) is 9.14. The first-order valence-electron chi connectivity index (χ1n) is 4.54. The molecule has 0 unspecified atom stereocenters. The van der Waals surface area contributed by atoms with E-state index in [1.807, 2.05) is 0 Å². The Morgan fingerprint density at radius 2 is 1.69 bits per heavy atom. The fraction of sp³-hybridized carbons (Fsp3) is 0.300.